The van der Waals surface area contributed by atoms with Crippen molar-refractivity contribution in [3.8, 4) is 0 Å². The molecule has 0 radical (unpaired) electrons. The third kappa shape index (κ3) is 2.26. The lowest BCUT2D eigenvalue weighted by Crippen LogP contribution is -2.40. The molecular weight excluding hydrogens is 190 g/mol. The monoisotopic (exact) mass is 207 g/mol. The number of fused-ring (bicyclic) bond motifs is 1. The molecule has 15 heavy (non-hydrogen) atoms. The lowest BCUT2D eigenvalue weighted by atomic mass is 9.95. The van der Waals surface area contributed by atoms with Crippen LogP contribution in [0.3, 0.4) is 0 Å². The summed E-state index contributed by atoms with van der Waals surface area (Å²) in [5.41, 5.74) is -0.255. The first-order chi connectivity index (χ1) is 7.11. The summed E-state index contributed by atoms with van der Waals surface area (Å²) in [5.74, 6) is 1.10. The number of carbonyl (C=O) groups is 1. The maximum atomic E-state index is 10.8. The van der Waals surface area contributed by atoms with Gasteiger partial charge in [0.25, 0.3) is 0 Å². The van der Waals surface area contributed by atoms with Crippen LogP contribution in [-0.4, -0.2) is 33.8 Å². The zero-order chi connectivity index (χ0) is 10.9. The molecule has 0 amide bonds. The molecule has 0 aliphatic carbocycles. The molecule has 0 atom stereocenters. The summed E-state index contributed by atoms with van der Waals surface area (Å²) in [4.78, 5) is 17.4. The van der Waals surface area contributed by atoms with E-state index in [1.54, 1.807) is 0 Å². The second-order valence-corrected chi connectivity index (χ2v) is 4.85. The third-order valence-corrected chi connectivity index (χ3v) is 2.77. The van der Waals surface area contributed by atoms with Crippen LogP contribution in [0.25, 0.3) is 0 Å². The number of aldehydes is 1. The van der Waals surface area contributed by atoms with Gasteiger partial charge in [0.1, 0.15) is 12.1 Å². The van der Waals surface area contributed by atoms with Gasteiger partial charge in [-0.05, 0) is 0 Å². The summed E-state index contributed by atoms with van der Waals surface area (Å²) in [6.45, 7) is 7.58. The van der Waals surface area contributed by atoms with E-state index in [-0.39, 0.29) is 5.41 Å². The van der Waals surface area contributed by atoms with E-state index in [1.807, 2.05) is 26.2 Å². The molecule has 0 aromatic carbocycles. The molecule has 4 heteroatoms. The largest absolute Gasteiger partial charge is 0.333 e. The smallest absolute Gasteiger partial charge is 0.126 e. The maximum Gasteiger partial charge on any atom is 0.126 e. The normalized spacial score (nSPS) is 17.5. The van der Waals surface area contributed by atoms with Gasteiger partial charge in [0.05, 0.1) is 6.54 Å². The van der Waals surface area contributed by atoms with E-state index in [1.165, 1.54) is 0 Å². The van der Waals surface area contributed by atoms with Crippen LogP contribution in [0.1, 0.15) is 19.7 Å². The molecule has 0 saturated carbocycles. The lowest BCUT2D eigenvalue weighted by molar-refractivity contribution is -0.115. The molecule has 1 aliphatic heterocycles. The van der Waals surface area contributed by atoms with E-state index >= 15 is 0 Å². The van der Waals surface area contributed by atoms with Crippen molar-refractivity contribution in [1.82, 2.24) is 14.5 Å². The van der Waals surface area contributed by atoms with Crippen molar-refractivity contribution in [2.45, 2.75) is 26.9 Å². The highest BCUT2D eigenvalue weighted by Gasteiger charge is 2.24. The second-order valence-electron chi connectivity index (χ2n) is 4.85. The van der Waals surface area contributed by atoms with Gasteiger partial charge in [0, 0.05) is 37.4 Å². The quantitative estimate of drug-likeness (QED) is 0.692. The summed E-state index contributed by atoms with van der Waals surface area (Å²) in [5, 5.41) is 0. The van der Waals surface area contributed by atoms with Gasteiger partial charge in [-0.3, -0.25) is 4.90 Å². The number of aromatic nitrogens is 2. The average molecular weight is 207 g/mol. The highest BCUT2D eigenvalue weighted by atomic mass is 16.1. The first-order valence-corrected chi connectivity index (χ1v) is 5.29. The highest BCUT2D eigenvalue weighted by Crippen LogP contribution is 2.17. The molecule has 0 unspecified atom stereocenters. The number of hydrogen-bond donors (Lipinski definition) is 0. The Hall–Kier alpha value is -1.16. The number of imidazole rings is 1. The average Bonchev–Trinajstić information content (AvgIpc) is 2.64. The molecule has 0 bridgehead atoms. The van der Waals surface area contributed by atoms with Gasteiger partial charge >= 0.3 is 0 Å². The maximum absolute atomic E-state index is 10.8. The van der Waals surface area contributed by atoms with Crippen molar-refractivity contribution in [3.63, 3.8) is 0 Å². The van der Waals surface area contributed by atoms with Crippen LogP contribution in [0.5, 0.6) is 0 Å². The van der Waals surface area contributed by atoms with Crippen LogP contribution < -0.4 is 0 Å². The Labute approximate surface area is 89.9 Å². The Morgan fingerprint density at radius 1 is 1.53 bits per heavy atom. The number of hydrogen-bond acceptors (Lipinski definition) is 3. The zero-order valence-electron chi connectivity index (χ0n) is 9.31. The van der Waals surface area contributed by atoms with E-state index in [0.29, 0.717) is 0 Å². The summed E-state index contributed by atoms with van der Waals surface area (Å²) in [7, 11) is 0. The molecule has 4 nitrogen and oxygen atoms in total. The fourth-order valence-electron chi connectivity index (χ4n) is 1.97. The number of nitrogens with zero attached hydrogens (tertiary/aromatic N) is 3. The van der Waals surface area contributed by atoms with Gasteiger partial charge < -0.3 is 9.36 Å². The third-order valence-electron chi connectivity index (χ3n) is 2.77. The molecule has 1 aromatic rings. The Balaban J connectivity index is 2.01. The van der Waals surface area contributed by atoms with Crippen LogP contribution in [-0.2, 0) is 17.9 Å². The SMILES string of the molecule is CC(C)(C=O)CN1CCn2ccnc2C1. The van der Waals surface area contributed by atoms with Crippen LogP contribution in [0, 0.1) is 5.41 Å². The van der Waals surface area contributed by atoms with Crippen molar-refractivity contribution < 1.29 is 4.79 Å². The first-order valence-electron chi connectivity index (χ1n) is 5.29. The van der Waals surface area contributed by atoms with Crippen molar-refractivity contribution in [2.75, 3.05) is 13.1 Å². The molecule has 0 N–H and O–H groups in total. The van der Waals surface area contributed by atoms with Gasteiger partial charge in [-0.1, -0.05) is 13.8 Å². The lowest BCUT2D eigenvalue weighted by Gasteiger charge is -2.32. The minimum atomic E-state index is -0.255. The van der Waals surface area contributed by atoms with Crippen LogP contribution in [0.15, 0.2) is 12.4 Å². The number of carbonyl (C=O) groups excluding carboxylic acids is 1. The van der Waals surface area contributed by atoms with Crippen molar-refractivity contribution in [3.05, 3.63) is 18.2 Å². The Bertz CT molecular complexity index is 356. The summed E-state index contributed by atoms with van der Waals surface area (Å²) in [6, 6.07) is 0. The van der Waals surface area contributed by atoms with Gasteiger partial charge in [0.2, 0.25) is 0 Å². The minimum Gasteiger partial charge on any atom is -0.333 e. The Morgan fingerprint density at radius 2 is 2.33 bits per heavy atom. The standard InChI is InChI=1S/C11H17N3O/c1-11(2,9-15)8-13-5-6-14-4-3-12-10(14)7-13/h3-4,9H,5-8H2,1-2H3. The molecular formula is C11H17N3O. The summed E-state index contributed by atoms with van der Waals surface area (Å²) >= 11 is 0. The van der Waals surface area contributed by atoms with Crippen LogP contribution in [0.2, 0.25) is 0 Å². The van der Waals surface area contributed by atoms with Crippen molar-refractivity contribution in [2.24, 2.45) is 5.41 Å². The van der Waals surface area contributed by atoms with E-state index in [2.05, 4.69) is 14.5 Å². The van der Waals surface area contributed by atoms with E-state index < -0.39 is 0 Å². The Morgan fingerprint density at radius 3 is 3.07 bits per heavy atom. The molecule has 0 spiro atoms. The van der Waals surface area contributed by atoms with Crippen LogP contribution in [0.4, 0.5) is 0 Å². The summed E-state index contributed by atoms with van der Waals surface area (Å²) in [6.07, 6.45) is 4.88. The highest BCUT2D eigenvalue weighted by molar-refractivity contribution is 5.58. The molecule has 1 aliphatic rings. The van der Waals surface area contributed by atoms with Gasteiger partial charge in [-0.25, -0.2) is 4.98 Å². The molecule has 0 saturated heterocycles. The Kier molecular flexibility index (Phi) is 2.61. The molecule has 82 valence electrons. The fraction of sp³-hybridized carbons (Fsp3) is 0.636. The first kappa shape index (κ1) is 10.4. The zero-order valence-corrected chi connectivity index (χ0v) is 9.31. The minimum absolute atomic E-state index is 0.255. The van der Waals surface area contributed by atoms with E-state index in [0.717, 1.165) is 38.3 Å². The van der Waals surface area contributed by atoms with Gasteiger partial charge in [0.15, 0.2) is 0 Å². The van der Waals surface area contributed by atoms with Crippen molar-refractivity contribution in [1.29, 1.82) is 0 Å². The number of rotatable bonds is 3. The van der Waals surface area contributed by atoms with Gasteiger partial charge in [-0.2, -0.15) is 0 Å². The molecule has 1 aromatic heterocycles. The fourth-order valence-corrected chi connectivity index (χ4v) is 1.97. The second kappa shape index (κ2) is 3.77. The predicted molar refractivity (Wildman–Crippen MR) is 57.3 cm³/mol. The summed E-state index contributed by atoms with van der Waals surface area (Å²) < 4.78 is 2.17. The van der Waals surface area contributed by atoms with E-state index in [4.69, 9.17) is 0 Å². The van der Waals surface area contributed by atoms with Gasteiger partial charge in [-0.15, -0.1) is 0 Å². The van der Waals surface area contributed by atoms with Crippen LogP contribution >= 0.6 is 0 Å². The van der Waals surface area contributed by atoms with Crippen molar-refractivity contribution >= 4 is 6.29 Å². The molecule has 0 fully saturated rings. The molecule has 2 heterocycles. The topological polar surface area (TPSA) is 38.1 Å². The van der Waals surface area contributed by atoms with E-state index in [9.17, 15) is 4.79 Å². The predicted octanol–water partition coefficient (Wildman–Crippen LogP) is 0.924. The molecule has 2 rings (SSSR count).